The number of carboxylic acid groups (broad SMARTS) is 1. The summed E-state index contributed by atoms with van der Waals surface area (Å²) in [5.41, 5.74) is 0. The van der Waals surface area contributed by atoms with Crippen molar-refractivity contribution in [1.82, 2.24) is 5.32 Å². The van der Waals surface area contributed by atoms with E-state index in [0.717, 1.165) is 32.1 Å². The van der Waals surface area contributed by atoms with Gasteiger partial charge >= 0.3 is 5.97 Å². The quantitative estimate of drug-likeness (QED) is 0.569. The normalized spacial score (nSPS) is 16.8. The van der Waals surface area contributed by atoms with E-state index in [1.807, 2.05) is 0 Å². The van der Waals surface area contributed by atoms with Gasteiger partial charge in [-0.2, -0.15) is 0 Å². The van der Waals surface area contributed by atoms with E-state index in [9.17, 15) is 14.7 Å². The van der Waals surface area contributed by atoms with Crippen LogP contribution in [0.3, 0.4) is 0 Å². The molecule has 1 saturated carbocycles. The number of carbonyl (C=O) groups excluding carboxylic acids is 1. The molecule has 0 aliphatic heterocycles. The Hall–Kier alpha value is -1.06. The van der Waals surface area contributed by atoms with Gasteiger partial charge in [-0.25, -0.2) is 4.79 Å². The van der Waals surface area contributed by atoms with Crippen molar-refractivity contribution in [3.8, 4) is 0 Å². The van der Waals surface area contributed by atoms with E-state index >= 15 is 0 Å². The molecule has 1 aliphatic carbocycles. The highest BCUT2D eigenvalue weighted by atomic mass is 16.4. The fourth-order valence-corrected chi connectivity index (χ4v) is 3.12. The molecule has 0 aromatic carbocycles. The molecule has 122 valence electrons. The first kappa shape index (κ1) is 18.0. The van der Waals surface area contributed by atoms with Crippen LogP contribution in [-0.2, 0) is 9.59 Å². The first-order valence-corrected chi connectivity index (χ1v) is 8.65. The van der Waals surface area contributed by atoms with Crippen LogP contribution in [0.25, 0.3) is 0 Å². The van der Waals surface area contributed by atoms with Gasteiger partial charge in [0.1, 0.15) is 6.04 Å². The van der Waals surface area contributed by atoms with Gasteiger partial charge in [-0.3, -0.25) is 4.79 Å². The number of aliphatic carboxylic acids is 1. The maximum Gasteiger partial charge on any atom is 0.326 e. The van der Waals surface area contributed by atoms with Crippen LogP contribution in [0.2, 0.25) is 0 Å². The lowest BCUT2D eigenvalue weighted by molar-refractivity contribution is -0.142. The van der Waals surface area contributed by atoms with Gasteiger partial charge in [0.25, 0.3) is 0 Å². The molecule has 1 fully saturated rings. The molecule has 1 rings (SSSR count). The van der Waals surface area contributed by atoms with Crippen LogP contribution < -0.4 is 5.32 Å². The first-order valence-electron chi connectivity index (χ1n) is 8.65. The maximum absolute atomic E-state index is 11.9. The fraction of sp³-hybridized carbons (Fsp3) is 0.882. The van der Waals surface area contributed by atoms with Crippen molar-refractivity contribution in [3.05, 3.63) is 0 Å². The number of hydrogen-bond donors (Lipinski definition) is 2. The predicted octanol–water partition coefficient (Wildman–Crippen LogP) is 3.89. The lowest BCUT2D eigenvalue weighted by Crippen LogP contribution is -2.41. The number of amides is 1. The highest BCUT2D eigenvalue weighted by Gasteiger charge is 2.23. The van der Waals surface area contributed by atoms with Crippen molar-refractivity contribution in [2.24, 2.45) is 5.92 Å². The number of hydrogen-bond acceptors (Lipinski definition) is 2. The molecule has 0 bridgehead atoms. The van der Waals surface area contributed by atoms with Crippen LogP contribution in [0.5, 0.6) is 0 Å². The predicted molar refractivity (Wildman–Crippen MR) is 84.1 cm³/mol. The van der Waals surface area contributed by atoms with Crippen LogP contribution in [0.15, 0.2) is 0 Å². The monoisotopic (exact) mass is 297 g/mol. The molecule has 1 atom stereocenters. The van der Waals surface area contributed by atoms with Gasteiger partial charge in [-0.15, -0.1) is 0 Å². The summed E-state index contributed by atoms with van der Waals surface area (Å²) in [5.74, 6) is -0.517. The largest absolute Gasteiger partial charge is 0.480 e. The van der Waals surface area contributed by atoms with E-state index < -0.39 is 12.0 Å². The highest BCUT2D eigenvalue weighted by molar-refractivity contribution is 5.83. The lowest BCUT2D eigenvalue weighted by atomic mass is 10.0. The summed E-state index contributed by atoms with van der Waals surface area (Å²) < 4.78 is 0. The maximum atomic E-state index is 11.9. The molecule has 0 unspecified atom stereocenters. The van der Waals surface area contributed by atoms with Crippen molar-refractivity contribution in [2.75, 3.05) is 0 Å². The molecule has 0 saturated heterocycles. The summed E-state index contributed by atoms with van der Waals surface area (Å²) in [5, 5.41) is 11.9. The molecule has 0 spiro atoms. The smallest absolute Gasteiger partial charge is 0.326 e. The summed E-state index contributed by atoms with van der Waals surface area (Å²) in [4.78, 5) is 23.1. The Morgan fingerprint density at radius 2 is 1.71 bits per heavy atom. The number of rotatable bonds is 11. The second-order valence-corrected chi connectivity index (χ2v) is 6.37. The SMILES string of the molecule is CCCCCCCC[C@H](NC(=O)CC1CCCC1)C(=O)O. The Bertz CT molecular complexity index is 311. The Kier molecular flexibility index (Phi) is 9.11. The summed E-state index contributed by atoms with van der Waals surface area (Å²) in [6, 6.07) is -0.704. The third kappa shape index (κ3) is 8.08. The van der Waals surface area contributed by atoms with Gasteiger partial charge in [-0.05, 0) is 25.2 Å². The summed E-state index contributed by atoms with van der Waals surface area (Å²) >= 11 is 0. The summed E-state index contributed by atoms with van der Waals surface area (Å²) in [6.07, 6.45) is 12.5. The number of unbranched alkanes of at least 4 members (excludes halogenated alkanes) is 5. The molecule has 1 amide bonds. The molecule has 4 heteroatoms. The van der Waals surface area contributed by atoms with E-state index in [1.165, 1.54) is 32.1 Å². The van der Waals surface area contributed by atoms with Crippen molar-refractivity contribution < 1.29 is 14.7 Å². The molecule has 4 nitrogen and oxygen atoms in total. The molecule has 1 aliphatic rings. The van der Waals surface area contributed by atoms with Crippen LogP contribution in [0.1, 0.15) is 84.0 Å². The van der Waals surface area contributed by atoms with E-state index in [4.69, 9.17) is 0 Å². The third-order valence-corrected chi connectivity index (χ3v) is 4.43. The van der Waals surface area contributed by atoms with E-state index in [-0.39, 0.29) is 5.91 Å². The van der Waals surface area contributed by atoms with E-state index in [1.54, 1.807) is 0 Å². The average molecular weight is 297 g/mol. The highest BCUT2D eigenvalue weighted by Crippen LogP contribution is 2.27. The Labute approximate surface area is 128 Å². The standard InChI is InChI=1S/C17H31NO3/c1-2-3-4-5-6-7-12-15(17(20)21)18-16(19)13-14-10-8-9-11-14/h14-15H,2-13H2,1H3,(H,18,19)(H,20,21)/t15-/m0/s1. The van der Waals surface area contributed by atoms with Gasteiger partial charge < -0.3 is 10.4 Å². The molecular weight excluding hydrogens is 266 g/mol. The topological polar surface area (TPSA) is 66.4 Å². The number of nitrogens with one attached hydrogen (secondary N) is 1. The minimum Gasteiger partial charge on any atom is -0.480 e. The molecule has 0 aromatic heterocycles. The molecule has 0 heterocycles. The minimum absolute atomic E-state index is 0.0831. The molecule has 2 N–H and O–H groups in total. The van der Waals surface area contributed by atoms with Gasteiger partial charge in [0.05, 0.1) is 0 Å². The Morgan fingerprint density at radius 1 is 1.10 bits per heavy atom. The minimum atomic E-state index is -0.900. The summed E-state index contributed by atoms with van der Waals surface area (Å²) in [7, 11) is 0. The summed E-state index contributed by atoms with van der Waals surface area (Å²) in [6.45, 7) is 2.18. The first-order chi connectivity index (χ1) is 10.1. The molecular formula is C17H31NO3. The zero-order chi connectivity index (χ0) is 15.5. The van der Waals surface area contributed by atoms with Gasteiger partial charge in [0, 0.05) is 6.42 Å². The van der Waals surface area contributed by atoms with E-state index in [0.29, 0.717) is 18.8 Å². The van der Waals surface area contributed by atoms with Crippen LogP contribution in [0.4, 0.5) is 0 Å². The van der Waals surface area contributed by atoms with Gasteiger partial charge in [-0.1, -0.05) is 58.3 Å². The van der Waals surface area contributed by atoms with Crippen molar-refractivity contribution in [2.45, 2.75) is 90.0 Å². The van der Waals surface area contributed by atoms with Crippen LogP contribution in [-0.4, -0.2) is 23.0 Å². The second kappa shape index (κ2) is 10.6. The molecule has 21 heavy (non-hydrogen) atoms. The average Bonchev–Trinajstić information content (AvgIpc) is 2.93. The Balaban J connectivity index is 2.19. The lowest BCUT2D eigenvalue weighted by Gasteiger charge is -2.16. The Morgan fingerprint density at radius 3 is 2.33 bits per heavy atom. The fourth-order valence-electron chi connectivity index (χ4n) is 3.12. The molecule has 0 aromatic rings. The van der Waals surface area contributed by atoms with Crippen molar-refractivity contribution >= 4 is 11.9 Å². The number of carbonyl (C=O) groups is 2. The van der Waals surface area contributed by atoms with Crippen molar-refractivity contribution in [1.29, 1.82) is 0 Å². The zero-order valence-corrected chi connectivity index (χ0v) is 13.4. The second-order valence-electron chi connectivity index (χ2n) is 6.37. The van der Waals surface area contributed by atoms with Crippen LogP contribution >= 0.6 is 0 Å². The number of carboxylic acids is 1. The molecule has 0 radical (unpaired) electrons. The van der Waals surface area contributed by atoms with Crippen LogP contribution in [0, 0.1) is 5.92 Å². The van der Waals surface area contributed by atoms with Crippen molar-refractivity contribution in [3.63, 3.8) is 0 Å². The zero-order valence-electron chi connectivity index (χ0n) is 13.4. The van der Waals surface area contributed by atoms with Gasteiger partial charge in [0.2, 0.25) is 5.91 Å². The third-order valence-electron chi connectivity index (χ3n) is 4.43. The van der Waals surface area contributed by atoms with E-state index in [2.05, 4.69) is 12.2 Å². The van der Waals surface area contributed by atoms with Gasteiger partial charge in [0.15, 0.2) is 0 Å².